The van der Waals surface area contributed by atoms with Crippen LogP contribution in [0.4, 0.5) is 0 Å². The van der Waals surface area contributed by atoms with Crippen LogP contribution in [0.2, 0.25) is 0 Å². The second kappa shape index (κ2) is 14.8. The average Bonchev–Trinajstić information content (AvgIpc) is 2.03. The van der Waals surface area contributed by atoms with Gasteiger partial charge in [0.25, 0.3) is 0 Å². The van der Waals surface area contributed by atoms with E-state index in [-0.39, 0.29) is 19.5 Å². The Kier molecular flexibility index (Phi) is 20.0. The van der Waals surface area contributed by atoms with Gasteiger partial charge in [0.1, 0.15) is 0 Å². The summed E-state index contributed by atoms with van der Waals surface area (Å²) in [6.45, 7) is 6.39. The van der Waals surface area contributed by atoms with Crippen molar-refractivity contribution in [2.24, 2.45) is 0 Å². The van der Waals surface area contributed by atoms with Gasteiger partial charge in [-0.2, -0.15) is 0 Å². The van der Waals surface area contributed by atoms with Crippen molar-refractivity contribution in [1.29, 1.82) is 0 Å². The average molecular weight is 254 g/mol. The topological polar surface area (TPSA) is 89.5 Å². The number of hydrogen-bond acceptors (Lipinski definition) is 4. The van der Waals surface area contributed by atoms with Crippen LogP contribution in [0.25, 0.3) is 0 Å². The maximum atomic E-state index is 9.53. The van der Waals surface area contributed by atoms with Crippen LogP contribution in [0.3, 0.4) is 0 Å². The first-order chi connectivity index (χ1) is 6.04. The Morgan fingerprint density at radius 1 is 1.29 bits per heavy atom. The van der Waals surface area contributed by atoms with Gasteiger partial charge in [0, 0.05) is 6.08 Å². The molecule has 0 spiro atoms. The molecule has 0 aromatic heterocycles. The van der Waals surface area contributed by atoms with Crippen molar-refractivity contribution in [3.63, 3.8) is 0 Å². The fourth-order valence-corrected chi connectivity index (χ4v) is 0.389. The summed E-state index contributed by atoms with van der Waals surface area (Å²) in [5.74, 6) is -2.80. The molecule has 0 rings (SSSR count). The molecule has 0 saturated carbocycles. The molecule has 5 nitrogen and oxygen atoms in total. The molecule has 0 bridgehead atoms. The minimum atomic E-state index is -1.51. The Morgan fingerprint density at radius 2 is 1.71 bits per heavy atom. The Bertz CT molecular complexity index is 164. The molecule has 0 saturated heterocycles. The third-order valence-corrected chi connectivity index (χ3v) is 0.862. The first-order valence-electron chi connectivity index (χ1n) is 3.87. The van der Waals surface area contributed by atoms with Gasteiger partial charge in [0.05, 0.1) is 5.97 Å². The summed E-state index contributed by atoms with van der Waals surface area (Å²) in [7, 11) is 0. The van der Waals surface area contributed by atoms with Crippen molar-refractivity contribution in [3.05, 3.63) is 12.2 Å². The minimum absolute atomic E-state index is 0. The number of rotatable bonds is 4. The molecule has 0 unspecified atom stereocenters. The maximum absolute atomic E-state index is 9.53. The number of carbonyl (C=O) groups excluding carboxylic acids is 1. The van der Waals surface area contributed by atoms with Crippen molar-refractivity contribution >= 4 is 11.9 Å². The molecule has 0 aromatic rings. The van der Waals surface area contributed by atoms with E-state index in [1.165, 1.54) is 0 Å². The molecule has 0 heterocycles. The molecule has 0 aliphatic rings. The van der Waals surface area contributed by atoms with Gasteiger partial charge < -0.3 is 20.3 Å². The zero-order valence-electron chi connectivity index (χ0n) is 8.45. The molecule has 1 radical (unpaired) electrons. The van der Waals surface area contributed by atoms with Gasteiger partial charge in [-0.25, -0.2) is 4.79 Å². The van der Waals surface area contributed by atoms with Crippen molar-refractivity contribution in [3.8, 4) is 0 Å². The van der Waals surface area contributed by atoms with Crippen LogP contribution in [-0.4, -0.2) is 30.1 Å². The fraction of sp³-hybridized carbons (Fsp3) is 0.500. The first kappa shape index (κ1) is 18.9. The zero-order valence-corrected chi connectivity index (χ0v) is 11.4. The van der Waals surface area contributed by atoms with Gasteiger partial charge in [-0.05, 0) is 19.2 Å². The van der Waals surface area contributed by atoms with E-state index in [0.717, 1.165) is 13.1 Å². The van der Waals surface area contributed by atoms with Crippen LogP contribution in [0.1, 0.15) is 13.8 Å². The van der Waals surface area contributed by atoms with E-state index in [1.54, 1.807) is 0 Å². The Labute approximate surface area is 96.0 Å². The van der Waals surface area contributed by atoms with Gasteiger partial charge in [-0.3, -0.25) is 0 Å². The van der Waals surface area contributed by atoms with E-state index in [2.05, 4.69) is 19.2 Å². The van der Waals surface area contributed by atoms with Crippen LogP contribution in [0.5, 0.6) is 0 Å². The molecule has 6 heteroatoms. The van der Waals surface area contributed by atoms with Gasteiger partial charge in [0.2, 0.25) is 0 Å². The molecule has 0 aliphatic carbocycles. The van der Waals surface area contributed by atoms with Crippen LogP contribution >= 0.6 is 0 Å². The minimum Gasteiger partial charge on any atom is -0.545 e. The predicted molar refractivity (Wildman–Crippen MR) is 46.0 cm³/mol. The summed E-state index contributed by atoms with van der Waals surface area (Å²) in [6, 6.07) is 0. The third-order valence-electron chi connectivity index (χ3n) is 0.862. The molecule has 2 N–H and O–H groups in total. The first-order valence-corrected chi connectivity index (χ1v) is 3.87. The standard InChI is InChI=1S/C4H11N.C4H4O4.Zn/c1-3-5-4-2;5-3(6)1-2-4(7)8;/h5H,3-4H2,1-2H3;1-2H,(H,5,6)(H,7,8);/q;;+1/p-1/b;2-1+;. The molecule has 0 aliphatic heterocycles. The van der Waals surface area contributed by atoms with Crippen LogP contribution in [0.15, 0.2) is 12.2 Å². The van der Waals surface area contributed by atoms with Crippen molar-refractivity contribution < 1.29 is 39.3 Å². The number of carboxylic acids is 2. The molecule has 14 heavy (non-hydrogen) atoms. The number of carbonyl (C=O) groups is 2. The molecule has 0 fully saturated rings. The summed E-state index contributed by atoms with van der Waals surface area (Å²) >= 11 is 0. The van der Waals surface area contributed by atoms with Crippen LogP contribution < -0.4 is 10.4 Å². The fourth-order valence-electron chi connectivity index (χ4n) is 0.389. The van der Waals surface area contributed by atoms with E-state index < -0.39 is 11.9 Å². The van der Waals surface area contributed by atoms with Crippen molar-refractivity contribution in [2.45, 2.75) is 13.8 Å². The normalized spacial score (nSPS) is 8.43. The second-order valence-corrected chi connectivity index (χ2v) is 1.95. The van der Waals surface area contributed by atoms with Crippen LogP contribution in [0, 0.1) is 0 Å². The summed E-state index contributed by atoms with van der Waals surface area (Å²) in [5, 5.41) is 20.3. The third kappa shape index (κ3) is 30.2. The molecular formula is C8H14NO4Zn. The smallest absolute Gasteiger partial charge is 0.545 e. The Balaban J connectivity index is -0.000000177. The van der Waals surface area contributed by atoms with Gasteiger partial charge in [-0.1, -0.05) is 13.8 Å². The molecule has 0 aromatic carbocycles. The van der Waals surface area contributed by atoms with E-state index in [4.69, 9.17) is 5.11 Å². The molecule has 77 valence electrons. The maximum Gasteiger partial charge on any atom is 1.00 e. The van der Waals surface area contributed by atoms with E-state index in [1.807, 2.05) is 0 Å². The van der Waals surface area contributed by atoms with Gasteiger partial charge in [-0.15, -0.1) is 0 Å². The largest absolute Gasteiger partial charge is 1.00 e. The van der Waals surface area contributed by atoms with Gasteiger partial charge in [0.15, 0.2) is 0 Å². The SMILES string of the molecule is CCNCC.O=C([O-])/C=C/C(=O)O.[Zn+]. The number of hydrogen-bond donors (Lipinski definition) is 2. The summed E-state index contributed by atoms with van der Waals surface area (Å²) in [4.78, 5) is 19.0. The van der Waals surface area contributed by atoms with Gasteiger partial charge >= 0.3 is 25.4 Å². The molecular weight excluding hydrogens is 239 g/mol. The molecule has 0 atom stereocenters. The van der Waals surface area contributed by atoms with Crippen molar-refractivity contribution in [2.75, 3.05) is 13.1 Å². The Hall–Kier alpha value is -0.737. The summed E-state index contributed by atoms with van der Waals surface area (Å²) in [5.41, 5.74) is 0. The van der Waals surface area contributed by atoms with Crippen LogP contribution in [-0.2, 0) is 29.1 Å². The monoisotopic (exact) mass is 252 g/mol. The number of carboxylic acid groups (broad SMARTS) is 2. The Morgan fingerprint density at radius 3 is 1.79 bits per heavy atom. The van der Waals surface area contributed by atoms with E-state index in [0.29, 0.717) is 12.2 Å². The van der Waals surface area contributed by atoms with E-state index in [9.17, 15) is 14.7 Å². The van der Waals surface area contributed by atoms with Crippen molar-refractivity contribution in [1.82, 2.24) is 5.32 Å². The zero-order chi connectivity index (χ0) is 10.7. The molecule has 0 amide bonds. The quantitative estimate of drug-likeness (QED) is 0.495. The number of aliphatic carboxylic acids is 2. The summed E-state index contributed by atoms with van der Waals surface area (Å²) < 4.78 is 0. The second-order valence-electron chi connectivity index (χ2n) is 1.95. The number of nitrogens with one attached hydrogen (secondary N) is 1. The predicted octanol–water partition coefficient (Wildman–Crippen LogP) is -1.01. The van der Waals surface area contributed by atoms with E-state index >= 15 is 0 Å². The summed E-state index contributed by atoms with van der Waals surface area (Å²) in [6.07, 6.45) is 0.942.